The van der Waals surface area contributed by atoms with Gasteiger partial charge in [0.2, 0.25) is 5.24 Å². The van der Waals surface area contributed by atoms with Gasteiger partial charge < -0.3 is 4.74 Å². The number of likely N-dealkylation sites (tertiary alicyclic amines) is 1. The number of rotatable bonds is 5. The molecule has 1 aliphatic heterocycles. The number of benzene rings is 1. The third kappa shape index (κ3) is 2.65. The van der Waals surface area contributed by atoms with E-state index in [1.807, 2.05) is 35.2 Å². The second kappa shape index (κ2) is 5.29. The van der Waals surface area contributed by atoms with Crippen LogP contribution in [-0.2, 0) is 14.3 Å². The van der Waals surface area contributed by atoms with E-state index < -0.39 is 6.23 Å². The van der Waals surface area contributed by atoms with Gasteiger partial charge in [-0.3, -0.25) is 14.5 Å². The molecule has 1 aromatic rings. The predicted octanol–water partition coefficient (Wildman–Crippen LogP) is 1.56. The standard InChI is InChI=1S/C12H12ClNO3/c13-11(16)10-6-14(7-10)12(17-8-15)9-4-2-1-3-5-9/h1-5,8,10,12H,6-7H2. The van der Waals surface area contributed by atoms with E-state index in [2.05, 4.69) is 0 Å². The van der Waals surface area contributed by atoms with Crippen LogP contribution in [0.2, 0.25) is 0 Å². The first-order valence-electron chi connectivity index (χ1n) is 5.30. The molecule has 0 radical (unpaired) electrons. The van der Waals surface area contributed by atoms with Crippen molar-refractivity contribution in [3.05, 3.63) is 35.9 Å². The Labute approximate surface area is 104 Å². The molecule has 0 aromatic heterocycles. The fourth-order valence-corrected chi connectivity index (χ4v) is 2.03. The molecule has 1 aliphatic rings. The van der Waals surface area contributed by atoms with Gasteiger partial charge in [0.15, 0.2) is 6.23 Å². The molecule has 90 valence electrons. The SMILES string of the molecule is O=COC(c1ccccc1)N1CC(C(=O)Cl)C1. The molecular formula is C12H12ClNO3. The van der Waals surface area contributed by atoms with E-state index in [0.717, 1.165) is 5.56 Å². The first-order valence-corrected chi connectivity index (χ1v) is 5.67. The maximum absolute atomic E-state index is 10.9. The Morgan fingerprint density at radius 1 is 1.41 bits per heavy atom. The molecule has 2 rings (SSSR count). The van der Waals surface area contributed by atoms with Crippen LogP contribution in [-0.4, -0.2) is 29.7 Å². The van der Waals surface area contributed by atoms with Crippen LogP contribution in [0.5, 0.6) is 0 Å². The van der Waals surface area contributed by atoms with Crippen molar-refractivity contribution < 1.29 is 14.3 Å². The lowest BCUT2D eigenvalue weighted by Gasteiger charge is -2.41. The van der Waals surface area contributed by atoms with Crippen LogP contribution in [0.1, 0.15) is 11.8 Å². The van der Waals surface area contributed by atoms with Gasteiger partial charge in [-0.25, -0.2) is 0 Å². The first-order chi connectivity index (χ1) is 8.22. The summed E-state index contributed by atoms with van der Waals surface area (Å²) in [5.41, 5.74) is 0.889. The van der Waals surface area contributed by atoms with E-state index in [1.54, 1.807) is 0 Å². The number of hydrogen-bond acceptors (Lipinski definition) is 4. The fraction of sp³-hybridized carbons (Fsp3) is 0.333. The Kier molecular flexibility index (Phi) is 3.76. The van der Waals surface area contributed by atoms with Crippen LogP contribution in [0, 0.1) is 5.92 Å². The molecule has 1 atom stereocenters. The molecule has 1 unspecified atom stereocenters. The summed E-state index contributed by atoms with van der Waals surface area (Å²) in [5, 5.41) is -0.334. The molecule has 0 saturated carbocycles. The van der Waals surface area contributed by atoms with E-state index in [4.69, 9.17) is 16.3 Å². The monoisotopic (exact) mass is 253 g/mol. The minimum Gasteiger partial charge on any atom is -0.444 e. The number of nitrogens with zero attached hydrogens (tertiary/aromatic N) is 1. The highest BCUT2D eigenvalue weighted by atomic mass is 35.5. The van der Waals surface area contributed by atoms with Gasteiger partial charge in [0.05, 0.1) is 5.92 Å². The third-order valence-electron chi connectivity index (χ3n) is 2.83. The molecule has 0 N–H and O–H groups in total. The van der Waals surface area contributed by atoms with Crippen molar-refractivity contribution in [2.24, 2.45) is 5.92 Å². The zero-order valence-corrected chi connectivity index (χ0v) is 9.84. The Morgan fingerprint density at radius 2 is 2.06 bits per heavy atom. The minimum atomic E-state index is -0.430. The number of carbonyl (C=O) groups excluding carboxylic acids is 2. The molecule has 0 aliphatic carbocycles. The summed E-state index contributed by atoms with van der Waals surface area (Å²) in [4.78, 5) is 23.3. The summed E-state index contributed by atoms with van der Waals surface area (Å²) in [6.07, 6.45) is -0.430. The maximum Gasteiger partial charge on any atom is 0.294 e. The average Bonchev–Trinajstić information content (AvgIpc) is 2.27. The van der Waals surface area contributed by atoms with Gasteiger partial charge in [-0.1, -0.05) is 30.3 Å². The molecule has 4 nitrogen and oxygen atoms in total. The van der Waals surface area contributed by atoms with Gasteiger partial charge in [-0.05, 0) is 11.6 Å². The summed E-state index contributed by atoms with van der Waals surface area (Å²) < 4.78 is 5.05. The zero-order valence-electron chi connectivity index (χ0n) is 9.08. The van der Waals surface area contributed by atoms with Gasteiger partial charge in [0, 0.05) is 18.7 Å². The second-order valence-electron chi connectivity index (χ2n) is 3.95. The lowest BCUT2D eigenvalue weighted by molar-refractivity contribution is -0.154. The number of hydrogen-bond donors (Lipinski definition) is 0. The summed E-state index contributed by atoms with van der Waals surface area (Å²) in [7, 11) is 0. The lowest BCUT2D eigenvalue weighted by atomic mass is 10.00. The Hall–Kier alpha value is -1.39. The van der Waals surface area contributed by atoms with E-state index >= 15 is 0 Å². The van der Waals surface area contributed by atoms with Gasteiger partial charge >= 0.3 is 0 Å². The van der Waals surface area contributed by atoms with Crippen LogP contribution < -0.4 is 0 Å². The summed E-state index contributed by atoms with van der Waals surface area (Å²) in [6, 6.07) is 9.40. The van der Waals surface area contributed by atoms with E-state index in [1.165, 1.54) is 0 Å². The van der Waals surface area contributed by atoms with Crippen LogP contribution in [0.15, 0.2) is 30.3 Å². The van der Waals surface area contributed by atoms with Crippen LogP contribution in [0.3, 0.4) is 0 Å². The second-order valence-corrected chi connectivity index (χ2v) is 4.32. The Balaban J connectivity index is 2.05. The molecular weight excluding hydrogens is 242 g/mol. The quantitative estimate of drug-likeness (QED) is 0.590. The fourth-order valence-electron chi connectivity index (χ4n) is 1.89. The maximum atomic E-state index is 10.9. The van der Waals surface area contributed by atoms with Crippen LogP contribution >= 0.6 is 11.6 Å². The number of carbonyl (C=O) groups is 2. The van der Waals surface area contributed by atoms with Crippen molar-refractivity contribution >= 4 is 23.3 Å². The van der Waals surface area contributed by atoms with Gasteiger partial charge in [0.25, 0.3) is 6.47 Å². The van der Waals surface area contributed by atoms with Crippen molar-refractivity contribution in [2.45, 2.75) is 6.23 Å². The Bertz CT molecular complexity index is 403. The van der Waals surface area contributed by atoms with Gasteiger partial charge in [-0.15, -0.1) is 0 Å². The molecule has 1 saturated heterocycles. The average molecular weight is 254 g/mol. The highest BCUT2D eigenvalue weighted by Gasteiger charge is 2.37. The molecule has 17 heavy (non-hydrogen) atoms. The molecule has 0 amide bonds. The summed E-state index contributed by atoms with van der Waals surface area (Å²) in [6.45, 7) is 1.47. The zero-order chi connectivity index (χ0) is 12.3. The topological polar surface area (TPSA) is 46.6 Å². The lowest BCUT2D eigenvalue weighted by Crippen LogP contribution is -2.51. The van der Waals surface area contributed by atoms with Crippen molar-refractivity contribution in [2.75, 3.05) is 13.1 Å². The van der Waals surface area contributed by atoms with Gasteiger partial charge in [0.1, 0.15) is 0 Å². The molecule has 0 bridgehead atoms. The van der Waals surface area contributed by atoms with Crippen molar-refractivity contribution in [3.63, 3.8) is 0 Å². The Morgan fingerprint density at radius 3 is 2.59 bits per heavy atom. The highest BCUT2D eigenvalue weighted by molar-refractivity contribution is 6.64. The highest BCUT2D eigenvalue weighted by Crippen LogP contribution is 2.30. The van der Waals surface area contributed by atoms with E-state index in [9.17, 15) is 9.59 Å². The number of ether oxygens (including phenoxy) is 1. The summed E-state index contributed by atoms with van der Waals surface area (Å²) in [5.74, 6) is -0.155. The predicted molar refractivity (Wildman–Crippen MR) is 62.3 cm³/mol. The largest absolute Gasteiger partial charge is 0.444 e. The normalized spacial score (nSPS) is 18.2. The molecule has 1 fully saturated rings. The molecule has 1 aromatic carbocycles. The van der Waals surface area contributed by atoms with Crippen LogP contribution in [0.25, 0.3) is 0 Å². The van der Waals surface area contributed by atoms with Gasteiger partial charge in [-0.2, -0.15) is 0 Å². The van der Waals surface area contributed by atoms with Crippen molar-refractivity contribution in [1.29, 1.82) is 0 Å². The molecule has 0 spiro atoms. The number of halogens is 1. The van der Waals surface area contributed by atoms with E-state index in [0.29, 0.717) is 19.6 Å². The van der Waals surface area contributed by atoms with E-state index in [-0.39, 0.29) is 11.2 Å². The first kappa shape index (κ1) is 12.1. The van der Waals surface area contributed by atoms with Crippen molar-refractivity contribution in [1.82, 2.24) is 4.90 Å². The third-order valence-corrected chi connectivity index (χ3v) is 3.14. The molecule has 1 heterocycles. The smallest absolute Gasteiger partial charge is 0.294 e. The molecule has 5 heteroatoms. The minimum absolute atomic E-state index is 0.155. The van der Waals surface area contributed by atoms with Crippen LogP contribution in [0.4, 0.5) is 0 Å². The van der Waals surface area contributed by atoms with Crippen molar-refractivity contribution in [3.8, 4) is 0 Å². The summed E-state index contributed by atoms with van der Waals surface area (Å²) >= 11 is 5.40.